The van der Waals surface area contributed by atoms with Crippen molar-refractivity contribution in [3.63, 3.8) is 0 Å². The summed E-state index contributed by atoms with van der Waals surface area (Å²) in [6, 6.07) is 4.83. The first-order valence-electron chi connectivity index (χ1n) is 8.48. The first kappa shape index (κ1) is 17.9. The highest BCUT2D eigenvalue weighted by Gasteiger charge is 2.39. The van der Waals surface area contributed by atoms with Gasteiger partial charge in [-0.15, -0.1) is 0 Å². The second-order valence-electron chi connectivity index (χ2n) is 6.59. The number of benzene rings is 1. The maximum Gasteiger partial charge on any atom is 0.326 e. The largest absolute Gasteiger partial charge is 0.480 e. The van der Waals surface area contributed by atoms with Crippen LogP contribution in [0.3, 0.4) is 0 Å². The van der Waals surface area contributed by atoms with Gasteiger partial charge in [0.15, 0.2) is 0 Å². The molecule has 1 aliphatic heterocycles. The number of hydrogen-bond acceptors (Lipinski definition) is 4. The Morgan fingerprint density at radius 1 is 1.16 bits per heavy atom. The minimum absolute atomic E-state index is 0.0494. The molecular weight excluding hydrogens is 344 g/mol. The third kappa shape index (κ3) is 3.55. The van der Waals surface area contributed by atoms with Gasteiger partial charge in [-0.05, 0) is 56.9 Å². The third-order valence-corrected chi connectivity index (χ3v) is 6.67. The molecule has 136 valence electrons. The molecule has 1 saturated heterocycles. The lowest BCUT2D eigenvalue weighted by molar-refractivity contribution is -0.141. The van der Waals surface area contributed by atoms with Gasteiger partial charge in [-0.1, -0.05) is 0 Å². The minimum Gasteiger partial charge on any atom is -0.480 e. The van der Waals surface area contributed by atoms with E-state index in [-0.39, 0.29) is 16.8 Å². The van der Waals surface area contributed by atoms with E-state index in [1.165, 1.54) is 40.4 Å². The average Bonchev–Trinajstić information content (AvgIpc) is 3.25. The number of rotatable bonds is 6. The Morgan fingerprint density at radius 3 is 2.20 bits per heavy atom. The van der Waals surface area contributed by atoms with Crippen LogP contribution in [0.25, 0.3) is 0 Å². The molecular formula is C17H22N2O5S. The molecule has 3 rings (SSSR count). The van der Waals surface area contributed by atoms with Crippen molar-refractivity contribution in [1.29, 1.82) is 0 Å². The van der Waals surface area contributed by atoms with Gasteiger partial charge >= 0.3 is 5.97 Å². The molecule has 1 atom stereocenters. The van der Waals surface area contributed by atoms with Gasteiger partial charge in [0.05, 0.1) is 4.90 Å². The highest BCUT2D eigenvalue weighted by atomic mass is 32.2. The minimum atomic E-state index is -3.52. The van der Waals surface area contributed by atoms with Crippen LogP contribution in [0, 0.1) is 0 Å². The zero-order valence-electron chi connectivity index (χ0n) is 14.1. The van der Waals surface area contributed by atoms with Crippen molar-refractivity contribution in [2.24, 2.45) is 0 Å². The van der Waals surface area contributed by atoms with Crippen LogP contribution in [0.15, 0.2) is 29.2 Å². The summed E-state index contributed by atoms with van der Waals surface area (Å²) in [4.78, 5) is 25.5. The molecule has 1 aromatic rings. The van der Waals surface area contributed by atoms with Gasteiger partial charge in [0.1, 0.15) is 6.04 Å². The van der Waals surface area contributed by atoms with Crippen LogP contribution >= 0.6 is 0 Å². The van der Waals surface area contributed by atoms with Gasteiger partial charge in [-0.2, -0.15) is 4.31 Å². The average molecular weight is 366 g/mol. The van der Waals surface area contributed by atoms with Crippen molar-refractivity contribution >= 4 is 21.9 Å². The quantitative estimate of drug-likeness (QED) is 0.824. The van der Waals surface area contributed by atoms with E-state index in [0.717, 1.165) is 25.7 Å². The number of sulfonamides is 1. The highest BCUT2D eigenvalue weighted by molar-refractivity contribution is 7.89. The summed E-state index contributed by atoms with van der Waals surface area (Å²) < 4.78 is 26.5. The van der Waals surface area contributed by atoms with E-state index < -0.39 is 22.0 Å². The summed E-state index contributed by atoms with van der Waals surface area (Å²) in [6.07, 6.45) is 3.31. The zero-order valence-corrected chi connectivity index (χ0v) is 14.9. The van der Waals surface area contributed by atoms with Crippen LogP contribution in [-0.2, 0) is 14.8 Å². The molecule has 1 aliphatic carbocycles. The van der Waals surface area contributed by atoms with E-state index in [1.54, 1.807) is 0 Å². The Kier molecular flexibility index (Phi) is 4.83. The summed E-state index contributed by atoms with van der Waals surface area (Å²) in [5, 5.41) is 9.22. The molecule has 8 heteroatoms. The number of carbonyl (C=O) groups excluding carboxylic acids is 1. The first-order valence-corrected chi connectivity index (χ1v) is 9.92. The van der Waals surface area contributed by atoms with E-state index >= 15 is 0 Å². The Morgan fingerprint density at radius 2 is 1.72 bits per heavy atom. The van der Waals surface area contributed by atoms with Crippen molar-refractivity contribution in [2.75, 3.05) is 13.1 Å². The molecule has 0 bridgehead atoms. The zero-order chi connectivity index (χ0) is 18.2. The van der Waals surface area contributed by atoms with Crippen molar-refractivity contribution in [1.82, 2.24) is 9.21 Å². The number of aliphatic carboxylic acids is 1. The predicted molar refractivity (Wildman–Crippen MR) is 90.7 cm³/mol. The van der Waals surface area contributed by atoms with Crippen LogP contribution in [0.2, 0.25) is 0 Å². The van der Waals surface area contributed by atoms with Crippen LogP contribution in [-0.4, -0.2) is 59.8 Å². The van der Waals surface area contributed by atoms with Crippen LogP contribution in [0.1, 0.15) is 43.0 Å². The molecule has 7 nitrogen and oxygen atoms in total. The van der Waals surface area contributed by atoms with E-state index in [9.17, 15) is 23.1 Å². The van der Waals surface area contributed by atoms with Crippen molar-refractivity contribution in [3.05, 3.63) is 29.8 Å². The Balaban J connectivity index is 1.81. The lowest BCUT2D eigenvalue weighted by Crippen LogP contribution is -2.44. The molecule has 1 amide bonds. The first-order chi connectivity index (χ1) is 11.8. The molecule has 1 aromatic carbocycles. The fourth-order valence-corrected chi connectivity index (χ4v) is 4.64. The monoisotopic (exact) mass is 366 g/mol. The van der Waals surface area contributed by atoms with E-state index in [4.69, 9.17) is 0 Å². The number of nitrogens with zero attached hydrogens (tertiary/aromatic N) is 2. The van der Waals surface area contributed by atoms with Gasteiger partial charge in [0, 0.05) is 24.7 Å². The Bertz CT molecular complexity index is 765. The van der Waals surface area contributed by atoms with Gasteiger partial charge in [0.25, 0.3) is 5.91 Å². The van der Waals surface area contributed by atoms with Crippen molar-refractivity contribution in [2.45, 2.75) is 49.6 Å². The molecule has 1 heterocycles. The molecule has 2 aliphatic rings. The summed E-state index contributed by atoms with van der Waals surface area (Å²) in [7, 11) is -3.52. The number of carboxylic acid groups (broad SMARTS) is 1. The Hall–Kier alpha value is -1.93. The fourth-order valence-electron chi connectivity index (χ4n) is 3.13. The summed E-state index contributed by atoms with van der Waals surface area (Å²) >= 11 is 0. The smallest absolute Gasteiger partial charge is 0.326 e. The number of carboxylic acids is 1. The molecule has 1 saturated carbocycles. The lowest BCUT2D eigenvalue weighted by Gasteiger charge is -2.26. The Labute approximate surface area is 147 Å². The summed E-state index contributed by atoms with van der Waals surface area (Å²) in [5.41, 5.74) is 0.306. The van der Waals surface area contributed by atoms with Crippen molar-refractivity contribution < 1.29 is 23.1 Å². The van der Waals surface area contributed by atoms with Crippen LogP contribution < -0.4 is 0 Å². The van der Waals surface area contributed by atoms with E-state index in [0.29, 0.717) is 18.7 Å². The van der Waals surface area contributed by atoms with Gasteiger partial charge in [0.2, 0.25) is 10.0 Å². The standard InChI is InChI=1S/C17H22N2O5S/c1-12(17(21)22)19(14-6-7-14)16(20)13-4-8-15(9-5-13)25(23,24)18-10-2-3-11-18/h4-5,8-9,12,14H,2-3,6-7,10-11H2,1H3,(H,21,22). The molecule has 0 radical (unpaired) electrons. The lowest BCUT2D eigenvalue weighted by atomic mass is 10.1. The van der Waals surface area contributed by atoms with Crippen molar-refractivity contribution in [3.8, 4) is 0 Å². The topological polar surface area (TPSA) is 95.0 Å². The molecule has 1 N–H and O–H groups in total. The molecule has 0 spiro atoms. The van der Waals surface area contributed by atoms with Crippen LogP contribution in [0.4, 0.5) is 0 Å². The molecule has 0 aromatic heterocycles. The van der Waals surface area contributed by atoms with E-state index in [2.05, 4.69) is 0 Å². The predicted octanol–water partition coefficient (Wildman–Crippen LogP) is 1.55. The number of amides is 1. The molecule has 2 fully saturated rings. The highest BCUT2D eigenvalue weighted by Crippen LogP contribution is 2.30. The maximum atomic E-state index is 12.7. The third-order valence-electron chi connectivity index (χ3n) is 4.75. The molecule has 25 heavy (non-hydrogen) atoms. The number of carbonyl (C=O) groups is 2. The summed E-state index contributed by atoms with van der Waals surface area (Å²) in [5.74, 6) is -1.42. The SMILES string of the molecule is CC(C(=O)O)N(C(=O)c1ccc(S(=O)(=O)N2CCCC2)cc1)C1CC1. The fraction of sp³-hybridized carbons (Fsp3) is 0.529. The maximum absolute atomic E-state index is 12.7. The van der Waals surface area contributed by atoms with Gasteiger partial charge in [-0.25, -0.2) is 13.2 Å². The normalized spacial score (nSPS) is 19.6. The molecule has 1 unspecified atom stereocenters. The van der Waals surface area contributed by atoms with Crippen LogP contribution in [0.5, 0.6) is 0 Å². The number of hydrogen-bond donors (Lipinski definition) is 1. The second-order valence-corrected chi connectivity index (χ2v) is 8.53. The van der Waals surface area contributed by atoms with Gasteiger partial charge in [-0.3, -0.25) is 4.79 Å². The second kappa shape index (κ2) is 6.76. The van der Waals surface area contributed by atoms with Gasteiger partial charge < -0.3 is 10.0 Å². The summed E-state index contributed by atoms with van der Waals surface area (Å²) in [6.45, 7) is 2.54. The van der Waals surface area contributed by atoms with E-state index in [1.807, 2.05) is 0 Å².